The maximum atomic E-state index is 12.3. The summed E-state index contributed by atoms with van der Waals surface area (Å²) >= 11 is 3.40. The van der Waals surface area contributed by atoms with E-state index >= 15 is 0 Å². The van der Waals surface area contributed by atoms with E-state index in [0.29, 0.717) is 11.3 Å². The normalized spacial score (nSPS) is 10.6. The van der Waals surface area contributed by atoms with Crippen molar-refractivity contribution in [3.63, 3.8) is 0 Å². The molecule has 0 radical (unpaired) electrons. The molecule has 0 saturated carbocycles. The molecule has 0 aliphatic heterocycles. The van der Waals surface area contributed by atoms with Crippen LogP contribution < -0.4 is 15.1 Å². The number of hydrogen-bond acceptors (Lipinski definition) is 4. The molecule has 120 valence electrons. The summed E-state index contributed by atoms with van der Waals surface area (Å²) in [5.74, 6) is 0.416. The summed E-state index contributed by atoms with van der Waals surface area (Å²) in [5.41, 5.74) is 4.71. The number of rotatable bonds is 5. The van der Waals surface area contributed by atoms with E-state index in [9.17, 15) is 4.79 Å². The van der Waals surface area contributed by atoms with Crippen molar-refractivity contribution in [1.82, 2.24) is 5.43 Å². The van der Waals surface area contributed by atoms with Crippen molar-refractivity contribution in [3.8, 4) is 5.75 Å². The van der Waals surface area contributed by atoms with E-state index in [4.69, 9.17) is 4.74 Å². The van der Waals surface area contributed by atoms with Gasteiger partial charge < -0.3 is 9.64 Å². The van der Waals surface area contributed by atoms with Gasteiger partial charge in [-0.3, -0.25) is 4.79 Å². The Morgan fingerprint density at radius 3 is 2.70 bits per heavy atom. The molecule has 23 heavy (non-hydrogen) atoms. The molecule has 1 amide bonds. The van der Waals surface area contributed by atoms with Crippen LogP contribution in [0, 0.1) is 0 Å². The van der Waals surface area contributed by atoms with E-state index in [2.05, 4.69) is 26.5 Å². The highest BCUT2D eigenvalue weighted by atomic mass is 79.9. The fraction of sp³-hybridized carbons (Fsp3) is 0.176. The van der Waals surface area contributed by atoms with Gasteiger partial charge in [-0.05, 0) is 30.3 Å². The molecule has 0 heterocycles. The zero-order valence-electron chi connectivity index (χ0n) is 13.2. The summed E-state index contributed by atoms with van der Waals surface area (Å²) < 4.78 is 6.17. The topological polar surface area (TPSA) is 53.9 Å². The minimum atomic E-state index is -0.264. The maximum absolute atomic E-state index is 12.3. The highest BCUT2D eigenvalue weighted by molar-refractivity contribution is 9.10. The van der Waals surface area contributed by atoms with Crippen molar-refractivity contribution in [2.24, 2.45) is 5.10 Å². The Kier molecular flexibility index (Phi) is 5.76. The molecule has 2 aromatic rings. The third kappa shape index (κ3) is 4.32. The number of para-hydroxylation sites is 1. The van der Waals surface area contributed by atoms with Crippen LogP contribution in [0.5, 0.6) is 5.75 Å². The molecule has 0 saturated heterocycles. The van der Waals surface area contributed by atoms with Crippen molar-refractivity contribution in [3.05, 3.63) is 58.1 Å². The number of carbonyl (C=O) groups excluding carboxylic acids is 1. The molecular weight excluding hydrogens is 358 g/mol. The van der Waals surface area contributed by atoms with Crippen molar-refractivity contribution in [2.75, 3.05) is 26.1 Å². The minimum Gasteiger partial charge on any atom is -0.496 e. The lowest BCUT2D eigenvalue weighted by Gasteiger charge is -2.15. The number of hydrogen-bond donors (Lipinski definition) is 1. The molecule has 2 aromatic carbocycles. The van der Waals surface area contributed by atoms with Crippen LogP contribution in [-0.4, -0.2) is 33.3 Å². The van der Waals surface area contributed by atoms with Crippen molar-refractivity contribution >= 4 is 33.7 Å². The number of ether oxygens (including phenoxy) is 1. The molecule has 1 N–H and O–H groups in total. The first-order chi connectivity index (χ1) is 11.0. The molecular formula is C17H18BrN3O2. The molecule has 5 nitrogen and oxygen atoms in total. The summed E-state index contributed by atoms with van der Waals surface area (Å²) in [5, 5.41) is 4.02. The highest BCUT2D eigenvalue weighted by Crippen LogP contribution is 2.21. The molecule has 0 aliphatic carbocycles. The number of hydrazone groups is 1. The van der Waals surface area contributed by atoms with Crippen LogP contribution in [0.15, 0.2) is 52.0 Å². The van der Waals surface area contributed by atoms with Gasteiger partial charge in [-0.1, -0.05) is 28.1 Å². The summed E-state index contributed by atoms with van der Waals surface area (Å²) in [6, 6.07) is 12.9. The van der Waals surface area contributed by atoms with Crippen molar-refractivity contribution < 1.29 is 9.53 Å². The Balaban J connectivity index is 2.15. The third-order valence-corrected chi connectivity index (χ3v) is 3.69. The van der Waals surface area contributed by atoms with Gasteiger partial charge in [0.15, 0.2) is 0 Å². The second kappa shape index (κ2) is 7.78. The van der Waals surface area contributed by atoms with Gasteiger partial charge in [0, 0.05) is 29.8 Å². The second-order valence-electron chi connectivity index (χ2n) is 5.00. The van der Waals surface area contributed by atoms with E-state index in [1.165, 1.54) is 0 Å². The number of anilines is 1. The molecule has 0 unspecified atom stereocenters. The standard InChI is InChI=1S/C17H18BrN3O2/c1-21(2)15-7-5-4-6-14(15)17(22)20-19-11-12-10-13(18)8-9-16(12)23-3/h4-11H,1-3H3,(H,20,22)/b19-11+. The van der Waals surface area contributed by atoms with Gasteiger partial charge >= 0.3 is 0 Å². The number of amides is 1. The predicted octanol–water partition coefficient (Wildman–Crippen LogP) is 3.29. The van der Waals surface area contributed by atoms with Gasteiger partial charge in [-0.25, -0.2) is 5.43 Å². The smallest absolute Gasteiger partial charge is 0.273 e. The largest absolute Gasteiger partial charge is 0.496 e. The first kappa shape index (κ1) is 17.0. The van der Waals surface area contributed by atoms with Crippen LogP contribution >= 0.6 is 15.9 Å². The molecule has 0 bridgehead atoms. The van der Waals surface area contributed by atoms with Crippen LogP contribution in [0.4, 0.5) is 5.69 Å². The van der Waals surface area contributed by atoms with Crippen LogP contribution in [0.2, 0.25) is 0 Å². The van der Waals surface area contributed by atoms with E-state index in [1.807, 2.05) is 55.4 Å². The summed E-state index contributed by atoms with van der Waals surface area (Å²) in [4.78, 5) is 14.2. The SMILES string of the molecule is COc1ccc(Br)cc1/C=N/NC(=O)c1ccccc1N(C)C. The molecule has 6 heteroatoms. The number of nitrogens with zero attached hydrogens (tertiary/aromatic N) is 2. The Morgan fingerprint density at radius 1 is 1.26 bits per heavy atom. The zero-order chi connectivity index (χ0) is 16.8. The number of halogens is 1. The van der Waals surface area contributed by atoms with E-state index < -0.39 is 0 Å². The Labute approximate surface area is 144 Å². The highest BCUT2D eigenvalue weighted by Gasteiger charge is 2.11. The van der Waals surface area contributed by atoms with Gasteiger partial charge in [0.05, 0.1) is 18.9 Å². The first-order valence-electron chi connectivity index (χ1n) is 6.96. The van der Waals surface area contributed by atoms with Crippen molar-refractivity contribution in [1.29, 1.82) is 0 Å². The quantitative estimate of drug-likeness (QED) is 0.644. The van der Waals surface area contributed by atoms with Crippen LogP contribution in [0.3, 0.4) is 0 Å². The molecule has 0 aromatic heterocycles. The Morgan fingerprint density at radius 2 is 2.00 bits per heavy atom. The number of methoxy groups -OCH3 is 1. The molecule has 0 spiro atoms. The predicted molar refractivity (Wildman–Crippen MR) is 96.5 cm³/mol. The fourth-order valence-electron chi connectivity index (χ4n) is 2.08. The Bertz CT molecular complexity index is 730. The lowest BCUT2D eigenvalue weighted by Crippen LogP contribution is -2.21. The van der Waals surface area contributed by atoms with E-state index in [-0.39, 0.29) is 5.91 Å². The molecule has 0 atom stereocenters. The monoisotopic (exact) mass is 375 g/mol. The zero-order valence-corrected chi connectivity index (χ0v) is 14.8. The second-order valence-corrected chi connectivity index (χ2v) is 5.91. The summed E-state index contributed by atoms with van der Waals surface area (Å²) in [6.07, 6.45) is 1.56. The average Bonchev–Trinajstić information content (AvgIpc) is 2.55. The van der Waals surface area contributed by atoms with E-state index in [0.717, 1.165) is 15.7 Å². The van der Waals surface area contributed by atoms with Crippen LogP contribution in [0.25, 0.3) is 0 Å². The van der Waals surface area contributed by atoms with Gasteiger partial charge in [0.25, 0.3) is 5.91 Å². The van der Waals surface area contributed by atoms with Crippen LogP contribution in [-0.2, 0) is 0 Å². The van der Waals surface area contributed by atoms with Crippen molar-refractivity contribution in [2.45, 2.75) is 0 Å². The van der Waals surface area contributed by atoms with Gasteiger partial charge in [0.2, 0.25) is 0 Å². The fourth-order valence-corrected chi connectivity index (χ4v) is 2.46. The maximum Gasteiger partial charge on any atom is 0.273 e. The third-order valence-electron chi connectivity index (χ3n) is 3.19. The summed E-state index contributed by atoms with van der Waals surface area (Å²) in [7, 11) is 5.37. The van der Waals surface area contributed by atoms with Gasteiger partial charge in [-0.2, -0.15) is 5.10 Å². The number of benzene rings is 2. The lowest BCUT2D eigenvalue weighted by atomic mass is 10.1. The number of carbonyl (C=O) groups is 1. The molecule has 0 aliphatic rings. The van der Waals surface area contributed by atoms with Gasteiger partial charge in [-0.15, -0.1) is 0 Å². The van der Waals surface area contributed by atoms with E-state index in [1.54, 1.807) is 19.4 Å². The lowest BCUT2D eigenvalue weighted by molar-refractivity contribution is 0.0955. The molecule has 0 fully saturated rings. The molecule has 2 rings (SSSR count). The average molecular weight is 376 g/mol. The first-order valence-corrected chi connectivity index (χ1v) is 7.75. The minimum absolute atomic E-state index is 0.264. The number of nitrogens with one attached hydrogen (secondary N) is 1. The van der Waals surface area contributed by atoms with Gasteiger partial charge in [0.1, 0.15) is 5.75 Å². The van der Waals surface area contributed by atoms with Crippen LogP contribution in [0.1, 0.15) is 15.9 Å². The summed E-state index contributed by atoms with van der Waals surface area (Å²) in [6.45, 7) is 0. The Hall–Kier alpha value is -2.34.